The molecule has 0 spiro atoms. The van der Waals surface area contributed by atoms with Crippen molar-refractivity contribution in [2.24, 2.45) is 5.73 Å². The SMILES string of the molecule is CC.NC(=O)c1ccc2ccccc2c1. The lowest BCUT2D eigenvalue weighted by atomic mass is 10.1. The molecule has 0 bridgehead atoms. The van der Waals surface area contributed by atoms with E-state index in [1.54, 1.807) is 12.1 Å². The van der Waals surface area contributed by atoms with Crippen molar-refractivity contribution < 1.29 is 4.79 Å². The van der Waals surface area contributed by atoms with Crippen LogP contribution >= 0.6 is 0 Å². The molecule has 0 aliphatic rings. The van der Waals surface area contributed by atoms with E-state index in [-0.39, 0.29) is 5.91 Å². The smallest absolute Gasteiger partial charge is 0.248 e. The summed E-state index contributed by atoms with van der Waals surface area (Å²) in [5.74, 6) is -0.384. The number of hydrogen-bond acceptors (Lipinski definition) is 1. The minimum atomic E-state index is -0.384. The number of carbonyl (C=O) groups is 1. The van der Waals surface area contributed by atoms with Crippen LogP contribution in [0.3, 0.4) is 0 Å². The molecule has 0 aromatic heterocycles. The van der Waals surface area contributed by atoms with E-state index in [0.717, 1.165) is 10.8 Å². The van der Waals surface area contributed by atoms with E-state index in [4.69, 9.17) is 5.73 Å². The van der Waals surface area contributed by atoms with Crippen molar-refractivity contribution in [2.75, 3.05) is 0 Å². The Labute approximate surface area is 89.7 Å². The van der Waals surface area contributed by atoms with E-state index >= 15 is 0 Å². The number of benzene rings is 2. The van der Waals surface area contributed by atoms with E-state index in [1.807, 2.05) is 44.2 Å². The zero-order valence-corrected chi connectivity index (χ0v) is 9.03. The highest BCUT2D eigenvalue weighted by molar-refractivity contribution is 5.97. The molecular weight excluding hydrogens is 186 g/mol. The van der Waals surface area contributed by atoms with Gasteiger partial charge in [-0.2, -0.15) is 0 Å². The fourth-order valence-electron chi connectivity index (χ4n) is 1.34. The maximum Gasteiger partial charge on any atom is 0.248 e. The highest BCUT2D eigenvalue weighted by atomic mass is 16.1. The van der Waals surface area contributed by atoms with Crippen LogP contribution in [0.25, 0.3) is 10.8 Å². The second kappa shape index (κ2) is 5.15. The summed E-state index contributed by atoms with van der Waals surface area (Å²) in [7, 11) is 0. The second-order valence-electron chi connectivity index (χ2n) is 2.93. The van der Waals surface area contributed by atoms with E-state index in [1.165, 1.54) is 0 Å². The molecule has 0 aliphatic carbocycles. The summed E-state index contributed by atoms with van der Waals surface area (Å²) in [6.07, 6.45) is 0. The van der Waals surface area contributed by atoms with Crippen molar-refractivity contribution in [3.05, 3.63) is 48.0 Å². The molecule has 0 saturated carbocycles. The van der Waals surface area contributed by atoms with Gasteiger partial charge < -0.3 is 5.73 Å². The van der Waals surface area contributed by atoms with Crippen molar-refractivity contribution in [3.8, 4) is 0 Å². The molecule has 1 amide bonds. The molecule has 2 heteroatoms. The zero-order valence-electron chi connectivity index (χ0n) is 9.03. The highest BCUT2D eigenvalue weighted by Gasteiger charge is 1.99. The predicted molar refractivity (Wildman–Crippen MR) is 63.8 cm³/mol. The lowest BCUT2D eigenvalue weighted by Gasteiger charge is -1.98. The van der Waals surface area contributed by atoms with Crippen molar-refractivity contribution in [1.29, 1.82) is 0 Å². The third kappa shape index (κ3) is 2.56. The average Bonchev–Trinajstić information content (AvgIpc) is 2.31. The maximum atomic E-state index is 10.9. The van der Waals surface area contributed by atoms with Crippen LogP contribution in [-0.4, -0.2) is 5.91 Å². The summed E-state index contributed by atoms with van der Waals surface area (Å²) in [6, 6.07) is 13.3. The summed E-state index contributed by atoms with van der Waals surface area (Å²) in [6.45, 7) is 4.00. The molecule has 2 nitrogen and oxygen atoms in total. The Balaban J connectivity index is 0.000000531. The summed E-state index contributed by atoms with van der Waals surface area (Å²) >= 11 is 0. The Bertz CT molecular complexity index is 463. The number of rotatable bonds is 1. The summed E-state index contributed by atoms with van der Waals surface area (Å²) < 4.78 is 0. The standard InChI is InChI=1S/C11H9NO.C2H6/c12-11(13)10-6-5-8-3-1-2-4-9(8)7-10;1-2/h1-7H,(H2,12,13);1-2H3. The van der Waals surface area contributed by atoms with Gasteiger partial charge in [0.25, 0.3) is 0 Å². The average molecular weight is 201 g/mol. The van der Waals surface area contributed by atoms with Crippen molar-refractivity contribution >= 4 is 16.7 Å². The number of amides is 1. The van der Waals surface area contributed by atoms with E-state index in [2.05, 4.69) is 0 Å². The van der Waals surface area contributed by atoms with Gasteiger partial charge in [0, 0.05) is 5.56 Å². The van der Waals surface area contributed by atoms with Gasteiger partial charge in [0.2, 0.25) is 5.91 Å². The molecule has 0 radical (unpaired) electrons. The third-order valence-corrected chi connectivity index (χ3v) is 2.03. The number of nitrogens with two attached hydrogens (primary N) is 1. The van der Waals surface area contributed by atoms with Gasteiger partial charge >= 0.3 is 0 Å². The minimum Gasteiger partial charge on any atom is -0.366 e. The summed E-state index contributed by atoms with van der Waals surface area (Å²) in [4.78, 5) is 10.9. The van der Waals surface area contributed by atoms with E-state index < -0.39 is 0 Å². The monoisotopic (exact) mass is 201 g/mol. The first-order valence-corrected chi connectivity index (χ1v) is 5.06. The van der Waals surface area contributed by atoms with Gasteiger partial charge in [-0.25, -0.2) is 0 Å². The molecule has 0 saturated heterocycles. The molecule has 0 unspecified atom stereocenters. The van der Waals surface area contributed by atoms with Crippen LogP contribution in [-0.2, 0) is 0 Å². The van der Waals surface area contributed by atoms with Gasteiger partial charge in [-0.15, -0.1) is 0 Å². The Morgan fingerprint density at radius 1 is 1.00 bits per heavy atom. The maximum absolute atomic E-state index is 10.9. The normalized spacial score (nSPS) is 9.20. The molecule has 2 aromatic carbocycles. The Morgan fingerprint density at radius 3 is 2.20 bits per heavy atom. The van der Waals surface area contributed by atoms with Crippen LogP contribution < -0.4 is 5.73 Å². The summed E-state index contributed by atoms with van der Waals surface area (Å²) in [5.41, 5.74) is 5.72. The second-order valence-corrected chi connectivity index (χ2v) is 2.93. The van der Waals surface area contributed by atoms with Crippen LogP contribution in [0.4, 0.5) is 0 Å². The first-order chi connectivity index (χ1) is 7.27. The van der Waals surface area contributed by atoms with Crippen molar-refractivity contribution in [1.82, 2.24) is 0 Å². The van der Waals surface area contributed by atoms with E-state index in [0.29, 0.717) is 5.56 Å². The number of carbonyl (C=O) groups excluding carboxylic acids is 1. The molecule has 78 valence electrons. The quantitative estimate of drug-likeness (QED) is 0.757. The molecule has 2 N–H and O–H groups in total. The molecular formula is C13H15NO. The van der Waals surface area contributed by atoms with Gasteiger partial charge in [-0.3, -0.25) is 4.79 Å². The van der Waals surface area contributed by atoms with Gasteiger partial charge in [-0.05, 0) is 22.9 Å². The van der Waals surface area contributed by atoms with Gasteiger partial charge in [0.15, 0.2) is 0 Å². The number of primary amides is 1. The summed E-state index contributed by atoms with van der Waals surface area (Å²) in [5, 5.41) is 2.16. The molecule has 2 aromatic rings. The fraction of sp³-hybridized carbons (Fsp3) is 0.154. The first kappa shape index (κ1) is 11.2. The molecule has 0 atom stereocenters. The Morgan fingerprint density at radius 2 is 1.60 bits per heavy atom. The van der Waals surface area contributed by atoms with Crippen LogP contribution in [0.1, 0.15) is 24.2 Å². The van der Waals surface area contributed by atoms with Gasteiger partial charge in [-0.1, -0.05) is 44.2 Å². The highest BCUT2D eigenvalue weighted by Crippen LogP contribution is 2.14. The number of fused-ring (bicyclic) bond motifs is 1. The van der Waals surface area contributed by atoms with Crippen LogP contribution in [0, 0.1) is 0 Å². The van der Waals surface area contributed by atoms with Crippen LogP contribution in [0.2, 0.25) is 0 Å². The predicted octanol–water partition coefficient (Wildman–Crippen LogP) is 2.96. The van der Waals surface area contributed by atoms with Crippen LogP contribution in [0.5, 0.6) is 0 Å². The Kier molecular flexibility index (Phi) is 3.86. The van der Waals surface area contributed by atoms with E-state index in [9.17, 15) is 4.79 Å². The molecule has 0 aliphatic heterocycles. The minimum absolute atomic E-state index is 0.384. The Hall–Kier alpha value is -1.83. The molecule has 0 heterocycles. The lowest BCUT2D eigenvalue weighted by Crippen LogP contribution is -2.10. The molecule has 0 fully saturated rings. The zero-order chi connectivity index (χ0) is 11.3. The largest absolute Gasteiger partial charge is 0.366 e. The topological polar surface area (TPSA) is 43.1 Å². The van der Waals surface area contributed by atoms with Gasteiger partial charge in [0.05, 0.1) is 0 Å². The third-order valence-electron chi connectivity index (χ3n) is 2.03. The van der Waals surface area contributed by atoms with Gasteiger partial charge in [0.1, 0.15) is 0 Å². The fourth-order valence-corrected chi connectivity index (χ4v) is 1.34. The molecule has 15 heavy (non-hydrogen) atoms. The van der Waals surface area contributed by atoms with Crippen molar-refractivity contribution in [3.63, 3.8) is 0 Å². The van der Waals surface area contributed by atoms with Crippen molar-refractivity contribution in [2.45, 2.75) is 13.8 Å². The van der Waals surface area contributed by atoms with Crippen LogP contribution in [0.15, 0.2) is 42.5 Å². The number of hydrogen-bond donors (Lipinski definition) is 1. The molecule has 2 rings (SSSR count). The first-order valence-electron chi connectivity index (χ1n) is 5.06. The lowest BCUT2D eigenvalue weighted by molar-refractivity contribution is 0.100.